The number of hydrogen-bond donors (Lipinski definition) is 3. The molecule has 1 aromatic carbocycles. The van der Waals surface area contributed by atoms with Crippen LogP contribution in [0.3, 0.4) is 0 Å². The van der Waals surface area contributed by atoms with Crippen molar-refractivity contribution in [3.63, 3.8) is 0 Å². The average Bonchev–Trinajstić information content (AvgIpc) is 2.34. The minimum absolute atomic E-state index is 0.0900. The summed E-state index contributed by atoms with van der Waals surface area (Å²) in [6.07, 6.45) is 0. The Balaban J connectivity index is 2.69. The van der Waals surface area contributed by atoms with E-state index in [2.05, 4.69) is 20.7 Å². The number of guanidine groups is 1. The highest BCUT2D eigenvalue weighted by Gasteiger charge is 1.97. The van der Waals surface area contributed by atoms with E-state index >= 15 is 0 Å². The Bertz CT molecular complexity index is 485. The fraction of sp³-hybridized carbons (Fsp3) is 0.182. The van der Waals surface area contributed by atoms with Crippen molar-refractivity contribution in [1.82, 2.24) is 0 Å². The van der Waals surface area contributed by atoms with Crippen molar-refractivity contribution in [1.29, 1.82) is 0 Å². The molecule has 0 amide bonds. The van der Waals surface area contributed by atoms with Crippen molar-refractivity contribution >= 4 is 34.7 Å². The summed E-state index contributed by atoms with van der Waals surface area (Å²) in [6.45, 7) is 3.55. The van der Waals surface area contributed by atoms with Crippen molar-refractivity contribution in [2.75, 3.05) is 5.43 Å². The molecule has 0 aliphatic heterocycles. The van der Waals surface area contributed by atoms with Crippen LogP contribution < -0.4 is 16.9 Å². The van der Waals surface area contributed by atoms with Crippen LogP contribution in [0.2, 0.25) is 5.02 Å². The minimum atomic E-state index is -0.0900. The quantitative estimate of drug-likeness (QED) is 0.440. The van der Waals surface area contributed by atoms with Crippen molar-refractivity contribution in [3.8, 4) is 0 Å². The zero-order valence-electron chi connectivity index (χ0n) is 10.2. The summed E-state index contributed by atoms with van der Waals surface area (Å²) < 4.78 is 0. The van der Waals surface area contributed by atoms with Crippen LogP contribution in [-0.2, 0) is 0 Å². The summed E-state index contributed by atoms with van der Waals surface area (Å²) in [5, 5.41) is 12.2. The van der Waals surface area contributed by atoms with Gasteiger partial charge in [-0.2, -0.15) is 10.2 Å². The molecule has 1 rings (SSSR count). The van der Waals surface area contributed by atoms with Gasteiger partial charge in [0.2, 0.25) is 5.96 Å². The molecule has 0 aromatic heterocycles. The van der Waals surface area contributed by atoms with Gasteiger partial charge in [-0.15, -0.1) is 5.10 Å². The molecule has 1 aromatic rings. The van der Waals surface area contributed by atoms with E-state index in [1.165, 1.54) is 0 Å². The fourth-order valence-corrected chi connectivity index (χ4v) is 1.08. The molecule has 0 heterocycles. The molecule has 0 radical (unpaired) electrons. The van der Waals surface area contributed by atoms with Gasteiger partial charge in [-0.1, -0.05) is 11.6 Å². The van der Waals surface area contributed by atoms with Gasteiger partial charge in [-0.3, -0.25) is 5.43 Å². The minimum Gasteiger partial charge on any atom is -0.369 e. The summed E-state index contributed by atoms with van der Waals surface area (Å²) >= 11 is 5.77. The molecule has 0 bridgehead atoms. The zero-order valence-corrected chi connectivity index (χ0v) is 10.9. The molecule has 5 N–H and O–H groups in total. The summed E-state index contributed by atoms with van der Waals surface area (Å²) in [5.41, 5.74) is 15.3. The van der Waals surface area contributed by atoms with E-state index in [1.54, 1.807) is 26.0 Å². The summed E-state index contributed by atoms with van der Waals surface area (Å²) in [5.74, 6) is -0.0900. The topological polar surface area (TPSA) is 101 Å². The van der Waals surface area contributed by atoms with E-state index in [1.807, 2.05) is 12.1 Å². The second kappa shape index (κ2) is 6.61. The number of nitrogens with zero attached hydrogens (tertiary/aromatic N) is 3. The monoisotopic (exact) mass is 266 g/mol. The van der Waals surface area contributed by atoms with Gasteiger partial charge < -0.3 is 11.5 Å². The Labute approximate surface area is 110 Å². The number of hydrazone groups is 1. The lowest BCUT2D eigenvalue weighted by atomic mass is 10.3. The van der Waals surface area contributed by atoms with Gasteiger partial charge in [0.25, 0.3) is 0 Å². The number of hydrogen-bond acceptors (Lipinski definition) is 4. The largest absolute Gasteiger partial charge is 0.369 e. The summed E-state index contributed by atoms with van der Waals surface area (Å²) in [6, 6.07) is 7.19. The maximum atomic E-state index is 5.77. The van der Waals surface area contributed by atoms with Gasteiger partial charge in [0.05, 0.1) is 17.1 Å². The van der Waals surface area contributed by atoms with E-state index in [0.717, 1.165) is 5.69 Å². The van der Waals surface area contributed by atoms with Gasteiger partial charge in [0.15, 0.2) is 0 Å². The maximum Gasteiger partial charge on any atom is 0.211 e. The molecule has 6 nitrogen and oxygen atoms in total. The number of anilines is 1. The Morgan fingerprint density at radius 3 is 2.22 bits per heavy atom. The third kappa shape index (κ3) is 4.84. The van der Waals surface area contributed by atoms with E-state index in [0.29, 0.717) is 16.4 Å². The Kier molecular flexibility index (Phi) is 5.13. The standard InChI is InChI=1S/C11H15ClN6/c1-7(8(2)16-18-11(13)14)15-17-10-5-3-9(12)4-6-10/h3-6,17H,1-2H3,(H4,13,14,18). The van der Waals surface area contributed by atoms with E-state index < -0.39 is 0 Å². The second-order valence-electron chi connectivity index (χ2n) is 3.53. The normalized spacial score (nSPS) is 12.2. The number of nitrogens with two attached hydrogens (primary N) is 2. The van der Waals surface area contributed by atoms with Gasteiger partial charge >= 0.3 is 0 Å². The van der Waals surface area contributed by atoms with Crippen molar-refractivity contribution < 1.29 is 0 Å². The SMILES string of the molecule is CC(=NN=C(N)N)C(C)=NNc1ccc(Cl)cc1. The lowest BCUT2D eigenvalue weighted by molar-refractivity contribution is 1.20. The van der Waals surface area contributed by atoms with Crippen LogP contribution in [0.25, 0.3) is 0 Å². The molecule has 7 heteroatoms. The first-order valence-electron chi connectivity index (χ1n) is 5.18. The zero-order chi connectivity index (χ0) is 13.5. The smallest absolute Gasteiger partial charge is 0.211 e. The number of halogens is 1. The predicted octanol–water partition coefficient (Wildman–Crippen LogP) is 1.78. The fourth-order valence-electron chi connectivity index (χ4n) is 0.959. The van der Waals surface area contributed by atoms with E-state index in [9.17, 15) is 0 Å². The first kappa shape index (κ1) is 14.0. The molecule has 0 fully saturated rings. The molecule has 0 atom stereocenters. The van der Waals surface area contributed by atoms with Crippen LogP contribution in [-0.4, -0.2) is 17.4 Å². The third-order valence-electron chi connectivity index (χ3n) is 2.04. The molecule has 0 aliphatic rings. The summed E-state index contributed by atoms with van der Waals surface area (Å²) in [7, 11) is 0. The number of nitrogens with one attached hydrogen (secondary N) is 1. The van der Waals surface area contributed by atoms with Gasteiger partial charge in [0, 0.05) is 5.02 Å². The van der Waals surface area contributed by atoms with Crippen LogP contribution in [0, 0.1) is 0 Å². The molecule has 0 saturated carbocycles. The summed E-state index contributed by atoms with van der Waals surface area (Å²) in [4.78, 5) is 0. The van der Waals surface area contributed by atoms with Crippen LogP contribution in [0.15, 0.2) is 39.6 Å². The first-order chi connectivity index (χ1) is 8.49. The van der Waals surface area contributed by atoms with E-state index in [-0.39, 0.29) is 5.96 Å². The Morgan fingerprint density at radius 2 is 1.67 bits per heavy atom. The van der Waals surface area contributed by atoms with Gasteiger partial charge in [0.1, 0.15) is 0 Å². The highest BCUT2D eigenvalue weighted by Crippen LogP contribution is 2.13. The maximum absolute atomic E-state index is 5.77. The van der Waals surface area contributed by atoms with Crippen LogP contribution in [0.4, 0.5) is 5.69 Å². The highest BCUT2D eigenvalue weighted by molar-refractivity contribution is 6.40. The predicted molar refractivity (Wildman–Crippen MR) is 77.1 cm³/mol. The Hall–Kier alpha value is -2.08. The van der Waals surface area contributed by atoms with Crippen LogP contribution >= 0.6 is 11.6 Å². The average molecular weight is 267 g/mol. The molecule has 0 aliphatic carbocycles. The molecule has 0 saturated heterocycles. The van der Waals surface area contributed by atoms with Crippen LogP contribution in [0.1, 0.15) is 13.8 Å². The Morgan fingerprint density at radius 1 is 1.06 bits per heavy atom. The van der Waals surface area contributed by atoms with Crippen LogP contribution in [0.5, 0.6) is 0 Å². The van der Waals surface area contributed by atoms with Gasteiger partial charge in [-0.25, -0.2) is 0 Å². The molecular formula is C11H15ClN6. The molecule has 0 unspecified atom stereocenters. The van der Waals surface area contributed by atoms with E-state index in [4.69, 9.17) is 23.1 Å². The van der Waals surface area contributed by atoms with Crippen molar-refractivity contribution in [2.45, 2.75) is 13.8 Å². The lowest BCUT2D eigenvalue weighted by Crippen LogP contribution is -2.22. The molecule has 18 heavy (non-hydrogen) atoms. The second-order valence-corrected chi connectivity index (χ2v) is 3.96. The molecular weight excluding hydrogens is 252 g/mol. The first-order valence-corrected chi connectivity index (χ1v) is 5.56. The lowest BCUT2D eigenvalue weighted by Gasteiger charge is -2.02. The van der Waals surface area contributed by atoms with Crippen molar-refractivity contribution in [3.05, 3.63) is 29.3 Å². The number of benzene rings is 1. The third-order valence-corrected chi connectivity index (χ3v) is 2.29. The highest BCUT2D eigenvalue weighted by atomic mass is 35.5. The molecule has 96 valence electrons. The molecule has 0 spiro atoms. The van der Waals surface area contributed by atoms with Crippen molar-refractivity contribution in [2.24, 2.45) is 26.8 Å². The number of rotatable bonds is 4. The van der Waals surface area contributed by atoms with Gasteiger partial charge in [-0.05, 0) is 38.1 Å².